The van der Waals surface area contributed by atoms with Crippen LogP contribution in [0.1, 0.15) is 22.3 Å². The molecular weight excluding hydrogens is 785 g/mol. The molecule has 63 heavy (non-hydrogen) atoms. The second kappa shape index (κ2) is 14.1. The van der Waals surface area contributed by atoms with Crippen LogP contribution in [-0.4, -0.2) is 0 Å². The van der Waals surface area contributed by atoms with Crippen LogP contribution in [0.4, 0.5) is 34.1 Å². The second-order valence-corrected chi connectivity index (χ2v) is 17.5. The molecule has 0 atom stereocenters. The largest absolute Gasteiger partial charge is 0.456 e. The highest BCUT2D eigenvalue weighted by atomic mass is 32.1. The van der Waals surface area contributed by atoms with Crippen molar-refractivity contribution in [1.29, 1.82) is 0 Å². The van der Waals surface area contributed by atoms with Gasteiger partial charge in [-0.15, -0.1) is 11.3 Å². The van der Waals surface area contributed by atoms with Gasteiger partial charge >= 0.3 is 0 Å². The van der Waals surface area contributed by atoms with Gasteiger partial charge in [-0.25, -0.2) is 0 Å². The first-order chi connectivity index (χ1) is 31.3. The van der Waals surface area contributed by atoms with E-state index in [-0.39, 0.29) is 0 Å². The van der Waals surface area contributed by atoms with Crippen molar-refractivity contribution in [3.05, 3.63) is 253 Å². The Balaban J connectivity index is 1.01. The standard InChI is InChI=1S/C59H38N2OS/c1-4-18-40(19-5-1)60(44-32-34-48-56(38-44)63-55-30-16-29-53(57(48)55)61(41-20-6-2-7-21-41)42-22-8-3-9-23-42)43-33-36-51-54(37-43)62-58-45-24-11-10-17-39(45)31-35-52(58)59(51)49-27-14-12-25-46(49)47-26-13-15-28-50(47)59/h1-38H. The van der Waals surface area contributed by atoms with Gasteiger partial charge in [-0.05, 0) is 94.4 Å². The fraction of sp³-hybridized carbons (Fsp3) is 0.0169. The lowest BCUT2D eigenvalue weighted by atomic mass is 9.65. The first-order valence-corrected chi connectivity index (χ1v) is 22.3. The second-order valence-electron chi connectivity index (χ2n) is 16.4. The highest BCUT2D eigenvalue weighted by molar-refractivity contribution is 7.26. The SMILES string of the molecule is c1ccc(N(c2ccc3c(c2)Oc2c(ccc4ccccc24)C32c3ccccc3-c3ccccc32)c2ccc3c(c2)sc2cccc(N(c4ccccc4)c4ccccc4)c23)cc1. The minimum Gasteiger partial charge on any atom is -0.456 e. The molecule has 13 rings (SSSR count). The van der Waals surface area contributed by atoms with Crippen molar-refractivity contribution < 1.29 is 4.74 Å². The van der Waals surface area contributed by atoms with Crippen molar-refractivity contribution in [1.82, 2.24) is 0 Å². The number of anilines is 6. The van der Waals surface area contributed by atoms with Gasteiger partial charge in [-0.1, -0.05) is 158 Å². The first kappa shape index (κ1) is 35.8. The minimum atomic E-state index is -0.558. The first-order valence-electron chi connectivity index (χ1n) is 21.5. The van der Waals surface area contributed by atoms with Gasteiger partial charge in [-0.2, -0.15) is 0 Å². The molecular formula is C59H38N2OS. The van der Waals surface area contributed by atoms with Gasteiger partial charge in [0.05, 0.1) is 11.1 Å². The number of rotatable bonds is 6. The van der Waals surface area contributed by atoms with E-state index in [1.165, 1.54) is 48.0 Å². The van der Waals surface area contributed by atoms with Crippen molar-refractivity contribution in [2.24, 2.45) is 0 Å². The molecule has 0 fully saturated rings. The van der Waals surface area contributed by atoms with Crippen LogP contribution >= 0.6 is 11.3 Å². The van der Waals surface area contributed by atoms with Crippen molar-refractivity contribution in [3.8, 4) is 22.6 Å². The van der Waals surface area contributed by atoms with Gasteiger partial charge in [0.25, 0.3) is 0 Å². The normalized spacial score (nSPS) is 13.0. The number of para-hydroxylation sites is 3. The molecule has 0 saturated carbocycles. The van der Waals surface area contributed by atoms with Crippen LogP contribution in [0.5, 0.6) is 11.5 Å². The van der Waals surface area contributed by atoms with Crippen LogP contribution in [0.25, 0.3) is 42.1 Å². The van der Waals surface area contributed by atoms with E-state index in [2.05, 4.69) is 240 Å². The van der Waals surface area contributed by atoms with Crippen molar-refractivity contribution in [2.45, 2.75) is 5.41 Å². The molecule has 1 aliphatic carbocycles. The number of fused-ring (bicyclic) bond motifs is 14. The Hall–Kier alpha value is -7.92. The van der Waals surface area contributed by atoms with Crippen molar-refractivity contribution >= 4 is 76.4 Å². The van der Waals surface area contributed by atoms with Gasteiger partial charge < -0.3 is 14.5 Å². The predicted molar refractivity (Wildman–Crippen MR) is 264 cm³/mol. The van der Waals surface area contributed by atoms with Gasteiger partial charge in [0.15, 0.2) is 0 Å². The van der Waals surface area contributed by atoms with Crippen LogP contribution in [0.3, 0.4) is 0 Å². The molecule has 3 nitrogen and oxygen atoms in total. The molecule has 2 heterocycles. The van der Waals surface area contributed by atoms with Gasteiger partial charge in [-0.3, -0.25) is 0 Å². The van der Waals surface area contributed by atoms with Crippen LogP contribution in [0.15, 0.2) is 231 Å². The van der Waals surface area contributed by atoms with Gasteiger partial charge in [0.1, 0.15) is 11.5 Å². The number of ether oxygens (including phenoxy) is 1. The summed E-state index contributed by atoms with van der Waals surface area (Å²) in [5.74, 6) is 1.77. The summed E-state index contributed by atoms with van der Waals surface area (Å²) in [7, 11) is 0. The summed E-state index contributed by atoms with van der Waals surface area (Å²) in [4.78, 5) is 4.75. The molecule has 0 amide bonds. The zero-order valence-corrected chi connectivity index (χ0v) is 35.0. The fourth-order valence-corrected chi connectivity index (χ4v) is 11.6. The monoisotopic (exact) mass is 822 g/mol. The topological polar surface area (TPSA) is 15.7 Å². The molecule has 0 unspecified atom stereocenters. The maximum atomic E-state index is 7.26. The molecule has 0 N–H and O–H groups in total. The Bertz CT molecular complexity index is 3480. The van der Waals surface area contributed by atoms with Crippen LogP contribution < -0.4 is 14.5 Å². The molecule has 0 bridgehead atoms. The van der Waals surface area contributed by atoms with E-state index in [9.17, 15) is 0 Å². The van der Waals surface area contributed by atoms with E-state index in [0.717, 1.165) is 62.0 Å². The molecule has 296 valence electrons. The van der Waals surface area contributed by atoms with E-state index < -0.39 is 5.41 Å². The molecule has 2 aliphatic rings. The molecule has 1 aliphatic heterocycles. The highest BCUT2D eigenvalue weighted by Gasteiger charge is 2.51. The van der Waals surface area contributed by atoms with Crippen LogP contribution in [0.2, 0.25) is 0 Å². The molecule has 1 spiro atoms. The Kier molecular flexibility index (Phi) is 7.99. The summed E-state index contributed by atoms with van der Waals surface area (Å²) in [5.41, 5.74) is 13.5. The zero-order chi connectivity index (χ0) is 41.5. The van der Waals surface area contributed by atoms with Crippen LogP contribution in [0, 0.1) is 0 Å². The summed E-state index contributed by atoms with van der Waals surface area (Å²) in [6.45, 7) is 0. The van der Waals surface area contributed by atoms with Crippen LogP contribution in [-0.2, 0) is 5.41 Å². The lowest BCUT2D eigenvalue weighted by molar-refractivity contribution is 0.442. The third kappa shape index (κ3) is 5.32. The zero-order valence-electron chi connectivity index (χ0n) is 34.2. The van der Waals surface area contributed by atoms with E-state index in [0.29, 0.717) is 0 Å². The van der Waals surface area contributed by atoms with Crippen molar-refractivity contribution in [2.75, 3.05) is 9.80 Å². The predicted octanol–water partition coefficient (Wildman–Crippen LogP) is 16.6. The molecule has 4 heteroatoms. The van der Waals surface area contributed by atoms with E-state index in [1.807, 2.05) is 11.3 Å². The number of thiophene rings is 1. The van der Waals surface area contributed by atoms with E-state index in [1.54, 1.807) is 0 Å². The third-order valence-corrected chi connectivity index (χ3v) is 14.2. The summed E-state index contributed by atoms with van der Waals surface area (Å²) in [5, 5.41) is 4.75. The lowest BCUT2D eigenvalue weighted by Gasteiger charge is -2.40. The smallest absolute Gasteiger partial charge is 0.140 e. The Morgan fingerprint density at radius 2 is 0.937 bits per heavy atom. The average Bonchev–Trinajstić information content (AvgIpc) is 3.87. The summed E-state index contributed by atoms with van der Waals surface area (Å²) < 4.78 is 9.73. The minimum absolute atomic E-state index is 0.558. The summed E-state index contributed by atoms with van der Waals surface area (Å²) in [6, 6.07) is 83.6. The maximum Gasteiger partial charge on any atom is 0.140 e. The Labute approximate surface area is 370 Å². The van der Waals surface area contributed by atoms with Gasteiger partial charge in [0.2, 0.25) is 0 Å². The number of hydrogen-bond donors (Lipinski definition) is 0. The van der Waals surface area contributed by atoms with E-state index >= 15 is 0 Å². The summed E-state index contributed by atoms with van der Waals surface area (Å²) >= 11 is 1.84. The highest BCUT2D eigenvalue weighted by Crippen LogP contribution is 2.63. The number of hydrogen-bond acceptors (Lipinski definition) is 4. The molecule has 0 saturated heterocycles. The summed E-state index contributed by atoms with van der Waals surface area (Å²) in [6.07, 6.45) is 0. The Morgan fingerprint density at radius 3 is 1.63 bits per heavy atom. The fourth-order valence-electron chi connectivity index (χ4n) is 10.5. The Morgan fingerprint density at radius 1 is 0.365 bits per heavy atom. The quantitative estimate of drug-likeness (QED) is 0.166. The molecule has 0 radical (unpaired) electrons. The third-order valence-electron chi connectivity index (χ3n) is 13.1. The maximum absolute atomic E-state index is 7.26. The lowest BCUT2D eigenvalue weighted by Crippen LogP contribution is -2.32. The molecule has 1 aromatic heterocycles. The number of benzene rings is 10. The average molecular weight is 823 g/mol. The molecule has 11 aromatic rings. The van der Waals surface area contributed by atoms with Gasteiger partial charge in [0, 0.05) is 71.2 Å². The molecule has 10 aromatic carbocycles. The van der Waals surface area contributed by atoms with Crippen molar-refractivity contribution in [3.63, 3.8) is 0 Å². The van der Waals surface area contributed by atoms with E-state index in [4.69, 9.17) is 4.74 Å². The number of nitrogens with zero attached hydrogens (tertiary/aromatic N) is 2.